The van der Waals surface area contributed by atoms with Gasteiger partial charge in [0, 0.05) is 25.2 Å². The quantitative estimate of drug-likeness (QED) is 0.703. The Kier molecular flexibility index (Phi) is 7.25. The first kappa shape index (κ1) is 22.0. The predicted molar refractivity (Wildman–Crippen MR) is 107 cm³/mol. The fourth-order valence-corrected chi connectivity index (χ4v) is 4.72. The molecular weight excluding hydrogens is 390 g/mol. The van der Waals surface area contributed by atoms with Crippen molar-refractivity contribution in [1.29, 1.82) is 0 Å². The van der Waals surface area contributed by atoms with E-state index in [2.05, 4.69) is 10.3 Å². The van der Waals surface area contributed by atoms with E-state index in [9.17, 15) is 9.59 Å². The van der Waals surface area contributed by atoms with Gasteiger partial charge in [-0.25, -0.2) is 4.98 Å². The molecule has 0 unspecified atom stereocenters. The van der Waals surface area contributed by atoms with Crippen LogP contribution in [0.1, 0.15) is 47.3 Å². The number of pyridine rings is 1. The van der Waals surface area contributed by atoms with Gasteiger partial charge in [0.1, 0.15) is 5.56 Å². The van der Waals surface area contributed by atoms with Gasteiger partial charge in [0.15, 0.2) is 0 Å². The van der Waals surface area contributed by atoms with E-state index in [1.807, 2.05) is 11.0 Å². The van der Waals surface area contributed by atoms with Crippen molar-refractivity contribution in [2.75, 3.05) is 27.3 Å². The third-order valence-corrected chi connectivity index (χ3v) is 6.14. The molecule has 4 rings (SSSR count). The maximum atomic E-state index is 13.4. The number of fused-ring (bicyclic) bond motifs is 2. The highest BCUT2D eigenvalue weighted by Gasteiger charge is 2.42. The number of nitrogens with one attached hydrogen (secondary N) is 1. The van der Waals surface area contributed by atoms with Gasteiger partial charge in [-0.3, -0.25) is 14.4 Å². The molecule has 9 nitrogen and oxygen atoms in total. The minimum atomic E-state index is -0.250. The molecule has 2 N–H and O–H groups in total. The van der Waals surface area contributed by atoms with E-state index in [-0.39, 0.29) is 36.4 Å². The first-order chi connectivity index (χ1) is 14.5. The summed E-state index contributed by atoms with van der Waals surface area (Å²) in [6.45, 7) is 0.804. The molecule has 3 aliphatic rings. The SMILES string of the molecule is CNC(=O)[C@H]1CC[C@H]2OCCN(C(=O)c3cc4c(nc3OC)CCC4)[C@@H]2C1.O=CO. The number of carboxylic acid groups (broad SMARTS) is 1. The van der Waals surface area contributed by atoms with Gasteiger partial charge in [0.05, 0.1) is 25.9 Å². The highest BCUT2D eigenvalue weighted by atomic mass is 16.5. The fourth-order valence-electron chi connectivity index (χ4n) is 4.72. The van der Waals surface area contributed by atoms with Gasteiger partial charge in [-0.15, -0.1) is 0 Å². The Morgan fingerprint density at radius 1 is 1.37 bits per heavy atom. The van der Waals surface area contributed by atoms with Crippen molar-refractivity contribution >= 4 is 18.3 Å². The van der Waals surface area contributed by atoms with E-state index in [0.717, 1.165) is 43.4 Å². The number of aromatic nitrogens is 1. The molecule has 1 aromatic rings. The molecule has 1 aromatic heterocycles. The number of hydrogen-bond donors (Lipinski definition) is 2. The normalized spacial score (nSPS) is 24.6. The largest absolute Gasteiger partial charge is 0.483 e. The van der Waals surface area contributed by atoms with Crippen LogP contribution in [-0.4, -0.2) is 72.7 Å². The van der Waals surface area contributed by atoms with Gasteiger partial charge in [0.25, 0.3) is 12.4 Å². The minimum Gasteiger partial charge on any atom is -0.483 e. The van der Waals surface area contributed by atoms with Gasteiger partial charge in [0.2, 0.25) is 11.8 Å². The average molecular weight is 419 g/mol. The molecule has 9 heteroatoms. The molecule has 30 heavy (non-hydrogen) atoms. The van der Waals surface area contributed by atoms with E-state index in [4.69, 9.17) is 19.4 Å². The van der Waals surface area contributed by atoms with Crippen molar-refractivity contribution in [2.45, 2.75) is 50.7 Å². The van der Waals surface area contributed by atoms with Crippen molar-refractivity contribution in [2.24, 2.45) is 5.92 Å². The molecule has 2 fully saturated rings. The second-order valence-corrected chi connectivity index (χ2v) is 7.71. The first-order valence-corrected chi connectivity index (χ1v) is 10.3. The monoisotopic (exact) mass is 419 g/mol. The van der Waals surface area contributed by atoms with Crippen LogP contribution < -0.4 is 10.1 Å². The summed E-state index contributed by atoms with van der Waals surface area (Å²) in [5, 5.41) is 9.63. The number of nitrogens with zero attached hydrogens (tertiary/aromatic N) is 2. The van der Waals surface area contributed by atoms with Crippen molar-refractivity contribution in [1.82, 2.24) is 15.2 Å². The fraction of sp³-hybridized carbons (Fsp3) is 0.619. The summed E-state index contributed by atoms with van der Waals surface area (Å²) in [5.41, 5.74) is 2.72. The lowest BCUT2D eigenvalue weighted by Gasteiger charge is -2.45. The summed E-state index contributed by atoms with van der Waals surface area (Å²) < 4.78 is 11.4. The van der Waals surface area contributed by atoms with Crippen LogP contribution >= 0.6 is 0 Å². The van der Waals surface area contributed by atoms with E-state index in [0.29, 0.717) is 31.0 Å². The Bertz CT molecular complexity index is 799. The first-order valence-electron chi connectivity index (χ1n) is 10.3. The zero-order valence-electron chi connectivity index (χ0n) is 17.4. The number of aryl methyl sites for hydroxylation is 2. The maximum Gasteiger partial charge on any atom is 0.290 e. The van der Waals surface area contributed by atoms with Crippen LogP contribution in [0.3, 0.4) is 0 Å². The number of methoxy groups -OCH3 is 1. The molecule has 3 atom stereocenters. The molecule has 2 heterocycles. The third-order valence-electron chi connectivity index (χ3n) is 6.14. The lowest BCUT2D eigenvalue weighted by atomic mass is 9.81. The van der Waals surface area contributed by atoms with Crippen LogP contribution in [0.4, 0.5) is 0 Å². The second-order valence-electron chi connectivity index (χ2n) is 7.71. The topological polar surface area (TPSA) is 118 Å². The Balaban J connectivity index is 0.000000806. The van der Waals surface area contributed by atoms with Crippen LogP contribution in [0.5, 0.6) is 5.88 Å². The number of carbonyl (C=O) groups is 3. The van der Waals surface area contributed by atoms with Crippen LogP contribution in [0, 0.1) is 5.92 Å². The van der Waals surface area contributed by atoms with E-state index in [1.165, 1.54) is 0 Å². The molecule has 1 saturated heterocycles. The minimum absolute atomic E-state index is 0.00279. The average Bonchev–Trinajstić information content (AvgIpc) is 3.24. The maximum absolute atomic E-state index is 13.4. The number of hydrogen-bond acceptors (Lipinski definition) is 6. The summed E-state index contributed by atoms with van der Waals surface area (Å²) in [6, 6.07) is 1.88. The molecule has 0 bridgehead atoms. The highest BCUT2D eigenvalue weighted by Crippen LogP contribution is 2.35. The van der Waals surface area contributed by atoms with E-state index < -0.39 is 0 Å². The zero-order valence-corrected chi connectivity index (χ0v) is 17.4. The van der Waals surface area contributed by atoms with Crippen molar-refractivity contribution < 1.29 is 29.0 Å². The number of carbonyl (C=O) groups excluding carboxylic acids is 2. The Labute approximate surface area is 175 Å². The van der Waals surface area contributed by atoms with Gasteiger partial charge >= 0.3 is 0 Å². The number of rotatable bonds is 3. The van der Waals surface area contributed by atoms with Gasteiger partial charge in [-0.1, -0.05) is 0 Å². The van der Waals surface area contributed by atoms with Gasteiger partial charge in [-0.05, 0) is 50.2 Å². The van der Waals surface area contributed by atoms with Gasteiger partial charge < -0.3 is 24.8 Å². The van der Waals surface area contributed by atoms with Crippen molar-refractivity contribution in [3.8, 4) is 5.88 Å². The van der Waals surface area contributed by atoms with E-state index >= 15 is 0 Å². The molecule has 0 spiro atoms. The predicted octanol–water partition coefficient (Wildman–Crippen LogP) is 1.04. The number of ether oxygens (including phenoxy) is 2. The summed E-state index contributed by atoms with van der Waals surface area (Å²) in [6.07, 6.45) is 5.20. The summed E-state index contributed by atoms with van der Waals surface area (Å²) in [7, 11) is 3.22. The number of amides is 2. The number of morpholine rings is 1. The standard InChI is InChI=1S/C20H27N3O4.CH2O2/c1-21-18(24)13-6-7-17-16(11-13)23(8-9-27-17)20(25)14-10-12-4-3-5-15(12)22-19(14)26-2;2-1-3/h10,13,16-17H,3-9,11H2,1-2H3,(H,21,24);1H,(H,2,3)/t13-,16+,17+;/m0./s1. The Hall–Kier alpha value is -2.68. The van der Waals surface area contributed by atoms with Crippen molar-refractivity contribution in [3.63, 3.8) is 0 Å². The van der Waals surface area contributed by atoms with Crippen LogP contribution in [-0.2, 0) is 27.2 Å². The highest BCUT2D eigenvalue weighted by molar-refractivity contribution is 5.97. The van der Waals surface area contributed by atoms with Crippen molar-refractivity contribution in [3.05, 3.63) is 22.9 Å². The molecule has 0 radical (unpaired) electrons. The lowest BCUT2D eigenvalue weighted by Crippen LogP contribution is -2.57. The van der Waals surface area contributed by atoms with E-state index in [1.54, 1.807) is 14.2 Å². The summed E-state index contributed by atoms with van der Waals surface area (Å²) in [4.78, 5) is 40.4. The second kappa shape index (κ2) is 9.88. The molecule has 2 aliphatic carbocycles. The molecular formula is C21H29N3O6. The van der Waals surface area contributed by atoms with Crippen LogP contribution in [0.2, 0.25) is 0 Å². The molecule has 1 saturated carbocycles. The zero-order chi connectivity index (χ0) is 21.7. The molecule has 0 aromatic carbocycles. The van der Waals surface area contributed by atoms with Crippen LogP contribution in [0.15, 0.2) is 6.07 Å². The Morgan fingerprint density at radius 3 is 2.83 bits per heavy atom. The molecule has 1 aliphatic heterocycles. The summed E-state index contributed by atoms with van der Waals surface area (Å²) in [5.74, 6) is 0.309. The lowest BCUT2D eigenvalue weighted by molar-refractivity contribution is -0.131. The van der Waals surface area contributed by atoms with Crippen LogP contribution in [0.25, 0.3) is 0 Å². The smallest absolute Gasteiger partial charge is 0.290 e. The molecule has 164 valence electrons. The third kappa shape index (κ3) is 4.40. The molecule has 2 amide bonds. The Morgan fingerprint density at radius 2 is 2.13 bits per heavy atom. The summed E-state index contributed by atoms with van der Waals surface area (Å²) >= 11 is 0. The van der Waals surface area contributed by atoms with Gasteiger partial charge in [-0.2, -0.15) is 0 Å².